The molecule has 8 heteroatoms. The topological polar surface area (TPSA) is 113 Å². The number of benzene rings is 2. The summed E-state index contributed by atoms with van der Waals surface area (Å²) < 4.78 is 41.4. The Morgan fingerprint density at radius 3 is 2.43 bits per heavy atom. The number of aryl methyl sites for hydroxylation is 2. The predicted octanol–water partition coefficient (Wildman–Crippen LogP) is 3.62. The van der Waals surface area contributed by atoms with Gasteiger partial charge in [0.05, 0.1) is 13.2 Å². The van der Waals surface area contributed by atoms with Crippen molar-refractivity contribution in [2.45, 2.75) is 44.6 Å². The molecule has 1 atom stereocenters. The first-order valence-electron chi connectivity index (χ1n) is 9.14. The third-order valence-electron chi connectivity index (χ3n) is 4.96. The molecule has 0 radical (unpaired) electrons. The van der Waals surface area contributed by atoms with Crippen LogP contribution in [0, 0.1) is 0 Å². The standard InChI is InChI=1S/C20H24O7S/c1-26-19-12-14-4-2-3-5-15(27-28(23,24)25)8-6-13-7-9-18(21)16(10-13)17(11-14)20(19)22/h7,9-12,15,21-22H,2-6,8H2,1H3,(H,23,24,25)/t15-/m0/s1. The zero-order chi connectivity index (χ0) is 20.3. The van der Waals surface area contributed by atoms with Crippen molar-refractivity contribution in [1.29, 1.82) is 0 Å². The first-order valence-corrected chi connectivity index (χ1v) is 10.5. The van der Waals surface area contributed by atoms with E-state index < -0.39 is 16.5 Å². The van der Waals surface area contributed by atoms with Crippen molar-refractivity contribution in [1.82, 2.24) is 0 Å². The first-order chi connectivity index (χ1) is 13.3. The highest BCUT2D eigenvalue weighted by atomic mass is 32.3. The maximum Gasteiger partial charge on any atom is 0.397 e. The van der Waals surface area contributed by atoms with E-state index in [4.69, 9.17) is 13.5 Å². The number of rotatable bonds is 3. The Kier molecular flexibility index (Phi) is 6.12. The molecule has 2 aromatic carbocycles. The average Bonchev–Trinajstić information content (AvgIpc) is 2.64. The number of phenolic OH excluding ortho intramolecular Hbond substituents is 2. The van der Waals surface area contributed by atoms with E-state index >= 15 is 0 Å². The summed E-state index contributed by atoms with van der Waals surface area (Å²) in [6, 6.07) is 8.63. The Hall–Kier alpha value is -2.29. The quantitative estimate of drug-likeness (QED) is 0.665. The molecular formula is C20H24O7S. The van der Waals surface area contributed by atoms with Gasteiger partial charge in [0.2, 0.25) is 0 Å². The van der Waals surface area contributed by atoms with Crippen LogP contribution in [-0.2, 0) is 27.4 Å². The van der Waals surface area contributed by atoms with Crippen molar-refractivity contribution in [2.75, 3.05) is 7.11 Å². The molecule has 0 saturated carbocycles. The molecule has 0 saturated heterocycles. The molecule has 1 aliphatic carbocycles. The van der Waals surface area contributed by atoms with E-state index in [9.17, 15) is 18.6 Å². The van der Waals surface area contributed by atoms with Crippen LogP contribution in [0.3, 0.4) is 0 Å². The van der Waals surface area contributed by atoms with Crippen LogP contribution in [0.1, 0.15) is 36.8 Å². The van der Waals surface area contributed by atoms with Gasteiger partial charge in [0.15, 0.2) is 11.5 Å². The van der Waals surface area contributed by atoms with Gasteiger partial charge in [-0.1, -0.05) is 12.5 Å². The van der Waals surface area contributed by atoms with E-state index in [1.54, 1.807) is 24.3 Å². The highest BCUT2D eigenvalue weighted by Crippen LogP contribution is 2.42. The second-order valence-corrected chi connectivity index (χ2v) is 8.02. The number of phenols is 2. The van der Waals surface area contributed by atoms with Gasteiger partial charge in [0.1, 0.15) is 5.75 Å². The van der Waals surface area contributed by atoms with E-state index in [0.29, 0.717) is 49.0 Å². The minimum absolute atomic E-state index is 0.0267. The van der Waals surface area contributed by atoms with Crippen molar-refractivity contribution in [3.05, 3.63) is 41.5 Å². The number of fused-ring (bicyclic) bond motifs is 5. The summed E-state index contributed by atoms with van der Waals surface area (Å²) >= 11 is 0. The van der Waals surface area contributed by atoms with Crippen molar-refractivity contribution in [3.63, 3.8) is 0 Å². The molecule has 152 valence electrons. The maximum absolute atomic E-state index is 11.1. The van der Waals surface area contributed by atoms with Gasteiger partial charge in [0.25, 0.3) is 0 Å². The molecule has 1 aliphatic rings. The highest BCUT2D eigenvalue weighted by molar-refractivity contribution is 7.80. The summed E-state index contributed by atoms with van der Waals surface area (Å²) in [4.78, 5) is 0. The van der Waals surface area contributed by atoms with Crippen LogP contribution in [0.4, 0.5) is 0 Å². The maximum atomic E-state index is 11.1. The second-order valence-electron chi connectivity index (χ2n) is 6.98. The third-order valence-corrected chi connectivity index (χ3v) is 5.48. The minimum Gasteiger partial charge on any atom is -0.507 e. The molecule has 0 aromatic heterocycles. The summed E-state index contributed by atoms with van der Waals surface area (Å²) in [6.45, 7) is 0. The zero-order valence-electron chi connectivity index (χ0n) is 15.6. The van der Waals surface area contributed by atoms with Gasteiger partial charge in [-0.3, -0.25) is 4.55 Å². The van der Waals surface area contributed by atoms with E-state index in [1.807, 2.05) is 6.07 Å². The van der Waals surface area contributed by atoms with Crippen LogP contribution >= 0.6 is 0 Å². The first kappa shape index (κ1) is 20.4. The highest BCUT2D eigenvalue weighted by Gasteiger charge is 2.20. The molecule has 0 amide bonds. The molecule has 0 spiro atoms. The molecule has 3 N–H and O–H groups in total. The Bertz CT molecular complexity index is 953. The Balaban J connectivity index is 2.03. The number of aromatic hydroxyl groups is 2. The third kappa shape index (κ3) is 4.95. The van der Waals surface area contributed by atoms with Crippen molar-refractivity contribution >= 4 is 10.4 Å². The number of hydrogen-bond donors (Lipinski definition) is 3. The Labute approximate surface area is 164 Å². The van der Waals surface area contributed by atoms with E-state index in [2.05, 4.69) is 0 Å². The van der Waals surface area contributed by atoms with Crippen LogP contribution in [0.5, 0.6) is 17.2 Å². The van der Waals surface area contributed by atoms with Crippen molar-refractivity contribution in [3.8, 4) is 28.4 Å². The lowest BCUT2D eigenvalue weighted by Crippen LogP contribution is -2.19. The monoisotopic (exact) mass is 408 g/mol. The van der Waals surface area contributed by atoms with Crippen LogP contribution in [0.15, 0.2) is 30.3 Å². The molecule has 2 aromatic rings. The average molecular weight is 408 g/mol. The van der Waals surface area contributed by atoms with Crippen molar-refractivity contribution in [2.24, 2.45) is 0 Å². The molecule has 28 heavy (non-hydrogen) atoms. The van der Waals surface area contributed by atoms with Gasteiger partial charge >= 0.3 is 10.4 Å². The summed E-state index contributed by atoms with van der Waals surface area (Å²) in [5.41, 5.74) is 2.74. The summed E-state index contributed by atoms with van der Waals surface area (Å²) in [6.07, 6.45) is 2.92. The SMILES string of the molecule is COc1cc2cc(c1O)-c1cc(ccc1O)CC[C@@H](OS(=O)(=O)O)CCCC2. The van der Waals surface area contributed by atoms with Gasteiger partial charge in [0, 0.05) is 11.1 Å². The van der Waals surface area contributed by atoms with E-state index in [0.717, 1.165) is 17.5 Å². The molecule has 4 bridgehead atoms. The van der Waals surface area contributed by atoms with Crippen LogP contribution in [-0.4, -0.2) is 36.4 Å². The van der Waals surface area contributed by atoms with Gasteiger partial charge in [-0.25, -0.2) is 4.18 Å². The van der Waals surface area contributed by atoms with Crippen LogP contribution < -0.4 is 4.74 Å². The van der Waals surface area contributed by atoms with Gasteiger partial charge in [-0.05, 0) is 67.5 Å². The Morgan fingerprint density at radius 1 is 0.964 bits per heavy atom. The molecule has 7 nitrogen and oxygen atoms in total. The van der Waals surface area contributed by atoms with Gasteiger partial charge in [-0.15, -0.1) is 0 Å². The molecule has 0 aliphatic heterocycles. The van der Waals surface area contributed by atoms with E-state index in [1.165, 1.54) is 7.11 Å². The fourth-order valence-corrected chi connectivity index (χ4v) is 4.10. The summed E-state index contributed by atoms with van der Waals surface area (Å²) in [5, 5.41) is 20.9. The number of ether oxygens (including phenoxy) is 1. The minimum atomic E-state index is -4.52. The lowest BCUT2D eigenvalue weighted by atomic mass is 9.96. The smallest absolute Gasteiger partial charge is 0.397 e. The Morgan fingerprint density at radius 2 is 1.71 bits per heavy atom. The zero-order valence-corrected chi connectivity index (χ0v) is 16.4. The molecule has 0 fully saturated rings. The molecule has 0 heterocycles. The fourth-order valence-electron chi connectivity index (χ4n) is 3.57. The molecule has 3 rings (SSSR count). The lowest BCUT2D eigenvalue weighted by Gasteiger charge is -2.15. The second kappa shape index (κ2) is 8.38. The fraction of sp³-hybridized carbons (Fsp3) is 0.400. The van der Waals surface area contributed by atoms with Gasteiger partial charge < -0.3 is 14.9 Å². The molecular weight excluding hydrogens is 384 g/mol. The number of hydrogen-bond acceptors (Lipinski definition) is 6. The van der Waals surface area contributed by atoms with Crippen LogP contribution in [0.2, 0.25) is 0 Å². The molecule has 0 unspecified atom stereocenters. The predicted molar refractivity (Wildman–Crippen MR) is 104 cm³/mol. The lowest BCUT2D eigenvalue weighted by molar-refractivity contribution is 0.161. The van der Waals surface area contributed by atoms with E-state index in [-0.39, 0.29) is 11.5 Å². The normalized spacial score (nSPS) is 17.9. The van der Waals surface area contributed by atoms with Crippen molar-refractivity contribution < 1.29 is 32.1 Å². The van der Waals surface area contributed by atoms with Crippen LogP contribution in [0.25, 0.3) is 11.1 Å². The van der Waals surface area contributed by atoms with Gasteiger partial charge in [-0.2, -0.15) is 8.42 Å². The largest absolute Gasteiger partial charge is 0.507 e. The number of methoxy groups -OCH3 is 1. The summed E-state index contributed by atoms with van der Waals surface area (Å²) in [5.74, 6) is 0.319. The summed E-state index contributed by atoms with van der Waals surface area (Å²) in [7, 11) is -3.05.